The van der Waals surface area contributed by atoms with E-state index in [0.29, 0.717) is 6.61 Å². The Bertz CT molecular complexity index is 496. The molecule has 2 nitrogen and oxygen atoms in total. The van der Waals surface area contributed by atoms with Crippen LogP contribution >= 0.6 is 15.9 Å². The Morgan fingerprint density at radius 1 is 1.11 bits per heavy atom. The van der Waals surface area contributed by atoms with Crippen molar-refractivity contribution in [3.8, 4) is 5.75 Å². The van der Waals surface area contributed by atoms with E-state index in [1.165, 1.54) is 5.56 Å². The van der Waals surface area contributed by atoms with Gasteiger partial charge in [-0.1, -0.05) is 28.1 Å². The zero-order valence-electron chi connectivity index (χ0n) is 10.3. The summed E-state index contributed by atoms with van der Waals surface area (Å²) < 4.78 is 6.75. The standard InChI is InChI=1S/C15H16BrNO/c1-12-3-2-4-15(11-12)18-10-9-17-14-7-5-13(16)6-8-14/h2-8,11,17H,9-10H2,1H3. The Kier molecular flexibility index (Phi) is 4.65. The van der Waals surface area contributed by atoms with Crippen molar-refractivity contribution < 1.29 is 4.74 Å². The van der Waals surface area contributed by atoms with Gasteiger partial charge in [-0.05, 0) is 48.9 Å². The number of benzene rings is 2. The molecule has 0 atom stereocenters. The zero-order chi connectivity index (χ0) is 12.8. The summed E-state index contributed by atoms with van der Waals surface area (Å²) in [5, 5.41) is 3.31. The van der Waals surface area contributed by atoms with Gasteiger partial charge in [0.05, 0.1) is 0 Å². The third kappa shape index (κ3) is 4.08. The first kappa shape index (κ1) is 13.0. The molecule has 1 N–H and O–H groups in total. The fraction of sp³-hybridized carbons (Fsp3) is 0.200. The van der Waals surface area contributed by atoms with E-state index >= 15 is 0 Å². The molecule has 0 fully saturated rings. The highest BCUT2D eigenvalue weighted by molar-refractivity contribution is 9.10. The van der Waals surface area contributed by atoms with Crippen LogP contribution in [0.1, 0.15) is 5.56 Å². The van der Waals surface area contributed by atoms with Crippen molar-refractivity contribution in [3.05, 3.63) is 58.6 Å². The van der Waals surface area contributed by atoms with Gasteiger partial charge in [-0.25, -0.2) is 0 Å². The molecule has 0 heterocycles. The fourth-order valence-electron chi connectivity index (χ4n) is 1.64. The van der Waals surface area contributed by atoms with Crippen LogP contribution in [0.25, 0.3) is 0 Å². The highest BCUT2D eigenvalue weighted by atomic mass is 79.9. The minimum absolute atomic E-state index is 0.652. The van der Waals surface area contributed by atoms with Crippen LogP contribution in [-0.2, 0) is 0 Å². The van der Waals surface area contributed by atoms with Crippen molar-refractivity contribution in [2.24, 2.45) is 0 Å². The number of halogens is 1. The first-order chi connectivity index (χ1) is 8.74. The molecule has 0 saturated carbocycles. The molecule has 2 aromatic rings. The van der Waals surface area contributed by atoms with Crippen molar-refractivity contribution in [1.29, 1.82) is 0 Å². The summed E-state index contributed by atoms with van der Waals surface area (Å²) in [5.41, 5.74) is 2.32. The smallest absolute Gasteiger partial charge is 0.119 e. The second-order valence-electron chi connectivity index (χ2n) is 4.10. The van der Waals surface area contributed by atoms with Crippen LogP contribution in [0, 0.1) is 6.92 Å². The molecule has 3 heteroatoms. The van der Waals surface area contributed by atoms with Crippen molar-refractivity contribution in [1.82, 2.24) is 0 Å². The number of anilines is 1. The van der Waals surface area contributed by atoms with E-state index in [-0.39, 0.29) is 0 Å². The molecule has 18 heavy (non-hydrogen) atoms. The molecule has 2 aromatic carbocycles. The summed E-state index contributed by atoms with van der Waals surface area (Å²) in [4.78, 5) is 0. The minimum Gasteiger partial charge on any atom is -0.492 e. The first-order valence-corrected chi connectivity index (χ1v) is 6.72. The summed E-state index contributed by atoms with van der Waals surface area (Å²) in [7, 11) is 0. The number of nitrogens with one attached hydrogen (secondary N) is 1. The number of aryl methyl sites for hydroxylation is 1. The highest BCUT2D eigenvalue weighted by Crippen LogP contribution is 2.14. The molecule has 0 radical (unpaired) electrons. The van der Waals surface area contributed by atoms with E-state index in [2.05, 4.69) is 34.2 Å². The second-order valence-corrected chi connectivity index (χ2v) is 5.01. The lowest BCUT2D eigenvalue weighted by Gasteiger charge is -2.09. The van der Waals surface area contributed by atoms with E-state index in [9.17, 15) is 0 Å². The maximum atomic E-state index is 5.66. The molecule has 0 bridgehead atoms. The molecule has 0 aliphatic heterocycles. The van der Waals surface area contributed by atoms with Crippen molar-refractivity contribution >= 4 is 21.6 Å². The largest absolute Gasteiger partial charge is 0.492 e. The van der Waals surface area contributed by atoms with Gasteiger partial charge < -0.3 is 10.1 Å². The van der Waals surface area contributed by atoms with Gasteiger partial charge in [0.15, 0.2) is 0 Å². The Hall–Kier alpha value is -1.48. The molecular weight excluding hydrogens is 290 g/mol. The lowest BCUT2D eigenvalue weighted by molar-refractivity contribution is 0.332. The van der Waals surface area contributed by atoms with Crippen LogP contribution in [0.4, 0.5) is 5.69 Å². The Morgan fingerprint density at radius 2 is 1.89 bits per heavy atom. The van der Waals surface area contributed by atoms with Gasteiger partial charge in [0.25, 0.3) is 0 Å². The summed E-state index contributed by atoms with van der Waals surface area (Å²) >= 11 is 3.41. The number of ether oxygens (including phenoxy) is 1. The van der Waals surface area contributed by atoms with Crippen molar-refractivity contribution in [3.63, 3.8) is 0 Å². The first-order valence-electron chi connectivity index (χ1n) is 5.93. The number of hydrogen-bond acceptors (Lipinski definition) is 2. The monoisotopic (exact) mass is 305 g/mol. The van der Waals surface area contributed by atoms with E-state index in [0.717, 1.165) is 22.5 Å². The summed E-state index contributed by atoms with van der Waals surface area (Å²) in [6.45, 7) is 3.50. The molecular formula is C15H16BrNO. The summed E-state index contributed by atoms with van der Waals surface area (Å²) in [5.74, 6) is 0.924. The predicted molar refractivity (Wildman–Crippen MR) is 79.3 cm³/mol. The molecule has 0 saturated heterocycles. The van der Waals surface area contributed by atoms with Gasteiger partial charge in [0.2, 0.25) is 0 Å². The van der Waals surface area contributed by atoms with Crippen LogP contribution in [0.3, 0.4) is 0 Å². The third-order valence-corrected chi connectivity index (χ3v) is 3.06. The fourth-order valence-corrected chi connectivity index (χ4v) is 1.90. The van der Waals surface area contributed by atoms with Gasteiger partial charge in [-0.3, -0.25) is 0 Å². The topological polar surface area (TPSA) is 21.3 Å². The SMILES string of the molecule is Cc1cccc(OCCNc2ccc(Br)cc2)c1. The van der Waals surface area contributed by atoms with Gasteiger partial charge in [-0.2, -0.15) is 0 Å². The van der Waals surface area contributed by atoms with Crippen LogP contribution in [-0.4, -0.2) is 13.2 Å². The maximum Gasteiger partial charge on any atom is 0.119 e. The van der Waals surface area contributed by atoms with E-state index in [1.807, 2.05) is 42.5 Å². The van der Waals surface area contributed by atoms with Crippen LogP contribution in [0.5, 0.6) is 5.75 Å². The molecule has 0 amide bonds. The average Bonchev–Trinajstić information content (AvgIpc) is 2.37. The van der Waals surface area contributed by atoms with Gasteiger partial charge in [0.1, 0.15) is 12.4 Å². The molecule has 0 aliphatic rings. The molecule has 0 aromatic heterocycles. The Labute approximate surface area is 116 Å². The quantitative estimate of drug-likeness (QED) is 0.834. The Morgan fingerprint density at radius 3 is 2.61 bits per heavy atom. The number of hydrogen-bond donors (Lipinski definition) is 1. The molecule has 94 valence electrons. The Balaban J connectivity index is 1.74. The number of rotatable bonds is 5. The lowest BCUT2D eigenvalue weighted by Crippen LogP contribution is -2.11. The van der Waals surface area contributed by atoms with Crippen LogP contribution in [0.2, 0.25) is 0 Å². The molecule has 2 rings (SSSR count). The van der Waals surface area contributed by atoms with Gasteiger partial charge in [0, 0.05) is 16.7 Å². The molecule has 0 aliphatic carbocycles. The van der Waals surface area contributed by atoms with Gasteiger partial charge >= 0.3 is 0 Å². The van der Waals surface area contributed by atoms with E-state index in [1.54, 1.807) is 0 Å². The predicted octanol–water partition coefficient (Wildman–Crippen LogP) is 4.25. The average molecular weight is 306 g/mol. The summed E-state index contributed by atoms with van der Waals surface area (Å²) in [6, 6.07) is 16.2. The molecule has 0 spiro atoms. The maximum absolute atomic E-state index is 5.66. The van der Waals surface area contributed by atoms with Crippen LogP contribution in [0.15, 0.2) is 53.0 Å². The van der Waals surface area contributed by atoms with E-state index in [4.69, 9.17) is 4.74 Å². The zero-order valence-corrected chi connectivity index (χ0v) is 11.9. The van der Waals surface area contributed by atoms with Crippen LogP contribution < -0.4 is 10.1 Å². The third-order valence-electron chi connectivity index (χ3n) is 2.53. The van der Waals surface area contributed by atoms with Gasteiger partial charge in [-0.15, -0.1) is 0 Å². The highest BCUT2D eigenvalue weighted by Gasteiger charge is 1.95. The summed E-state index contributed by atoms with van der Waals surface area (Å²) in [6.07, 6.45) is 0. The minimum atomic E-state index is 0.652. The van der Waals surface area contributed by atoms with Crippen molar-refractivity contribution in [2.45, 2.75) is 6.92 Å². The lowest BCUT2D eigenvalue weighted by atomic mass is 10.2. The second kappa shape index (κ2) is 6.45. The molecule has 0 unspecified atom stereocenters. The van der Waals surface area contributed by atoms with Crippen molar-refractivity contribution in [2.75, 3.05) is 18.5 Å². The normalized spacial score (nSPS) is 10.1. The van der Waals surface area contributed by atoms with E-state index < -0.39 is 0 Å².